The quantitative estimate of drug-likeness (QED) is 0.507. The molecular weight excluding hydrogens is 140 g/mol. The van der Waals surface area contributed by atoms with Crippen molar-refractivity contribution < 1.29 is 4.39 Å². The Labute approximate surface area is 52.4 Å². The summed E-state index contributed by atoms with van der Waals surface area (Å²) >= 11 is 5.00. The van der Waals surface area contributed by atoms with E-state index in [1.54, 1.807) is 0 Å². The van der Waals surface area contributed by atoms with Crippen LogP contribution in [-0.2, 0) is 0 Å². The Balaban J connectivity index is 0.000000360. The lowest BCUT2D eigenvalue weighted by atomic mass is 10.8. The molecule has 0 bridgehead atoms. The molecule has 0 spiro atoms. The lowest BCUT2D eigenvalue weighted by Gasteiger charge is -1.84. The van der Waals surface area contributed by atoms with Crippen LogP contribution in [-0.4, -0.2) is 11.2 Å². The Kier molecular flexibility index (Phi) is 1.88. The molecule has 4 heteroatoms. The number of alkyl halides is 2. The van der Waals surface area contributed by atoms with Gasteiger partial charge in [-0.3, -0.25) is 0 Å². The fourth-order valence-corrected chi connectivity index (χ4v) is 0.401. The fourth-order valence-electron chi connectivity index (χ4n) is 0.234. The first kappa shape index (κ1) is 7.47. The van der Waals surface area contributed by atoms with E-state index in [0.717, 1.165) is 0 Å². The molecule has 0 saturated heterocycles. The van der Waals surface area contributed by atoms with E-state index >= 15 is 0 Å². The summed E-state index contributed by atoms with van der Waals surface area (Å²) in [6, 6.07) is -0.404. The minimum Gasteiger partial charge on any atom is -0.324 e. The monoisotopic (exact) mass is 145 g/mol. The van der Waals surface area contributed by atoms with Crippen LogP contribution in [0, 0.1) is 0 Å². The topological polar surface area (TPSA) is 26.0 Å². The van der Waals surface area contributed by atoms with Crippen molar-refractivity contribution in [3.63, 3.8) is 0 Å². The van der Waals surface area contributed by atoms with Gasteiger partial charge in [-0.05, 0) is 0 Å². The molecule has 1 rings (SSSR count). The summed E-state index contributed by atoms with van der Waals surface area (Å²) in [4.78, 5) is 0. The maximum absolute atomic E-state index is 11.8. The summed E-state index contributed by atoms with van der Waals surface area (Å²) in [5.41, 5.74) is 4.99. The average Bonchev–Trinajstić information content (AvgIpc) is 1.73. The first-order valence-corrected chi connectivity index (χ1v) is 2.14. The number of rotatable bonds is 0. The lowest BCUT2D eigenvalue weighted by molar-refractivity contribution is 0.416. The van der Waals surface area contributed by atoms with Gasteiger partial charge in [0, 0.05) is 6.42 Å². The van der Waals surface area contributed by atoms with Crippen molar-refractivity contribution in [2.45, 2.75) is 17.6 Å². The molecule has 0 radical (unpaired) electrons. The van der Waals surface area contributed by atoms with Crippen LogP contribution in [0.2, 0.25) is 0 Å². The van der Waals surface area contributed by atoms with E-state index in [4.69, 9.17) is 17.3 Å². The molecule has 1 nitrogen and oxygen atoms in total. The summed E-state index contributed by atoms with van der Waals surface area (Å²) in [7, 11) is 0. The minimum absolute atomic E-state index is 0. The molecule has 2 atom stereocenters. The van der Waals surface area contributed by atoms with E-state index < -0.39 is 11.2 Å². The van der Waals surface area contributed by atoms with E-state index in [1.807, 2.05) is 0 Å². The zero-order valence-electron chi connectivity index (χ0n) is 3.53. The highest BCUT2D eigenvalue weighted by Gasteiger charge is 2.51. The van der Waals surface area contributed by atoms with Crippen molar-refractivity contribution in [3.05, 3.63) is 0 Å². The number of hydrogen-bond donors (Lipinski definition) is 1. The van der Waals surface area contributed by atoms with E-state index in [2.05, 4.69) is 0 Å². The molecule has 0 unspecified atom stereocenters. The predicted octanol–water partition coefficient (Wildman–Crippen LogP) is 1.04. The van der Waals surface area contributed by atoms with Crippen LogP contribution in [0.5, 0.6) is 0 Å². The van der Waals surface area contributed by atoms with Gasteiger partial charge in [0.15, 0.2) is 5.13 Å². The van der Waals surface area contributed by atoms with Crippen LogP contribution >= 0.6 is 24.0 Å². The number of nitrogens with two attached hydrogens (primary N) is 1. The molecule has 0 aliphatic heterocycles. The van der Waals surface area contributed by atoms with Crippen molar-refractivity contribution in [1.82, 2.24) is 0 Å². The third kappa shape index (κ3) is 1.44. The Hall–Kier alpha value is 0.470. The van der Waals surface area contributed by atoms with E-state index in [-0.39, 0.29) is 12.4 Å². The van der Waals surface area contributed by atoms with Gasteiger partial charge in [-0.25, -0.2) is 4.39 Å². The molecule has 2 N–H and O–H groups in total. The SMILES string of the molecule is Cl.N[C@H]1C[C@@]1(F)Cl. The van der Waals surface area contributed by atoms with Crippen molar-refractivity contribution in [2.24, 2.45) is 5.73 Å². The maximum atomic E-state index is 11.8. The standard InChI is InChI=1S/C3H5ClFN.ClH/c4-3(5)1-2(3)6;/h2H,1,6H2;1H/t2-,3-;/m0./s1. The molecule has 0 amide bonds. The first-order chi connectivity index (χ1) is 2.63. The molecule has 1 fully saturated rings. The van der Waals surface area contributed by atoms with E-state index in [0.29, 0.717) is 6.42 Å². The number of hydrogen-bond acceptors (Lipinski definition) is 1. The van der Waals surface area contributed by atoms with Gasteiger partial charge in [-0.15, -0.1) is 12.4 Å². The second kappa shape index (κ2) is 1.77. The minimum atomic E-state index is -1.54. The van der Waals surface area contributed by atoms with Gasteiger partial charge in [0.1, 0.15) is 0 Å². The normalized spacial score (nSPS) is 47.6. The molecule has 0 heterocycles. The van der Waals surface area contributed by atoms with Gasteiger partial charge in [-0.2, -0.15) is 0 Å². The van der Waals surface area contributed by atoms with Crippen molar-refractivity contribution >= 4 is 24.0 Å². The van der Waals surface area contributed by atoms with Crippen molar-refractivity contribution in [3.8, 4) is 0 Å². The van der Waals surface area contributed by atoms with Crippen LogP contribution < -0.4 is 5.73 Å². The maximum Gasteiger partial charge on any atom is 0.200 e. The van der Waals surface area contributed by atoms with Crippen molar-refractivity contribution in [1.29, 1.82) is 0 Å². The van der Waals surface area contributed by atoms with Gasteiger partial charge < -0.3 is 5.73 Å². The van der Waals surface area contributed by atoms with Gasteiger partial charge in [0.05, 0.1) is 6.04 Å². The van der Waals surface area contributed by atoms with Crippen LogP contribution in [0.25, 0.3) is 0 Å². The molecule has 7 heavy (non-hydrogen) atoms. The van der Waals surface area contributed by atoms with Crippen LogP contribution in [0.4, 0.5) is 4.39 Å². The Bertz CT molecular complexity index is 75.3. The predicted molar refractivity (Wildman–Crippen MR) is 29.5 cm³/mol. The van der Waals surface area contributed by atoms with E-state index in [9.17, 15) is 4.39 Å². The van der Waals surface area contributed by atoms with Gasteiger partial charge in [-0.1, -0.05) is 11.6 Å². The molecule has 1 saturated carbocycles. The van der Waals surface area contributed by atoms with Crippen molar-refractivity contribution in [2.75, 3.05) is 0 Å². The van der Waals surface area contributed by atoms with Crippen LogP contribution in [0.3, 0.4) is 0 Å². The Morgan fingerprint density at radius 3 is 2.00 bits per heavy atom. The summed E-state index contributed by atoms with van der Waals surface area (Å²) in [5, 5.41) is -1.54. The largest absolute Gasteiger partial charge is 0.324 e. The second-order valence-electron chi connectivity index (χ2n) is 1.57. The van der Waals surface area contributed by atoms with E-state index in [1.165, 1.54) is 0 Å². The third-order valence-electron chi connectivity index (χ3n) is 0.874. The molecule has 0 aromatic heterocycles. The zero-order valence-corrected chi connectivity index (χ0v) is 5.10. The molecular formula is C3H6Cl2FN. The highest BCUT2D eigenvalue weighted by atomic mass is 35.5. The molecule has 1 aliphatic carbocycles. The Morgan fingerprint density at radius 1 is 1.86 bits per heavy atom. The fraction of sp³-hybridized carbons (Fsp3) is 1.00. The summed E-state index contributed by atoms with van der Waals surface area (Å²) in [6.07, 6.45) is 0.314. The molecule has 0 aromatic carbocycles. The first-order valence-electron chi connectivity index (χ1n) is 1.76. The smallest absolute Gasteiger partial charge is 0.200 e. The van der Waals surface area contributed by atoms with Gasteiger partial charge in [0.2, 0.25) is 0 Å². The van der Waals surface area contributed by atoms with Crippen LogP contribution in [0.1, 0.15) is 6.42 Å². The molecule has 0 aromatic rings. The molecule has 44 valence electrons. The average molecular weight is 146 g/mol. The Morgan fingerprint density at radius 2 is 2.00 bits per heavy atom. The number of halogens is 3. The highest BCUT2D eigenvalue weighted by Crippen LogP contribution is 2.42. The van der Waals surface area contributed by atoms with Gasteiger partial charge >= 0.3 is 0 Å². The highest BCUT2D eigenvalue weighted by molar-refractivity contribution is 6.25. The third-order valence-corrected chi connectivity index (χ3v) is 1.31. The summed E-state index contributed by atoms with van der Waals surface area (Å²) < 4.78 is 11.8. The van der Waals surface area contributed by atoms with Crippen LogP contribution in [0.15, 0.2) is 0 Å². The van der Waals surface area contributed by atoms with Gasteiger partial charge in [0.25, 0.3) is 0 Å². The molecule has 1 aliphatic rings. The summed E-state index contributed by atoms with van der Waals surface area (Å²) in [6.45, 7) is 0. The zero-order chi connectivity index (χ0) is 4.78. The lowest BCUT2D eigenvalue weighted by Crippen LogP contribution is -2.07. The second-order valence-corrected chi connectivity index (χ2v) is 2.20. The summed E-state index contributed by atoms with van der Waals surface area (Å²) in [5.74, 6) is 0.